The molecule has 4 nitrogen and oxygen atoms in total. The summed E-state index contributed by atoms with van der Waals surface area (Å²) in [4.78, 5) is 9.54. The second-order valence-corrected chi connectivity index (χ2v) is 6.95. The summed E-state index contributed by atoms with van der Waals surface area (Å²) in [5.41, 5.74) is 7.36. The largest absolute Gasteiger partial charge is 0.400 e. The summed E-state index contributed by atoms with van der Waals surface area (Å²) >= 11 is 0. The van der Waals surface area contributed by atoms with Crippen LogP contribution >= 0.6 is 0 Å². The Morgan fingerprint density at radius 1 is 1.19 bits per heavy atom. The molecule has 0 amide bonds. The van der Waals surface area contributed by atoms with Crippen LogP contribution in [-0.2, 0) is 6.42 Å². The number of rotatable bonds is 6. The van der Waals surface area contributed by atoms with Crippen molar-refractivity contribution in [2.75, 3.05) is 12.4 Å². The van der Waals surface area contributed by atoms with E-state index in [0.717, 1.165) is 47.4 Å². The maximum Gasteiger partial charge on any atom is 0.0892 e. The lowest BCUT2D eigenvalue weighted by atomic mass is 10.0. The first-order valence-corrected chi connectivity index (χ1v) is 9.20. The lowest BCUT2D eigenvalue weighted by Gasteiger charge is -2.18. The van der Waals surface area contributed by atoms with Gasteiger partial charge in [-0.1, -0.05) is 27.4 Å². The number of allylic oxidation sites excluding steroid dienone is 1. The molecule has 2 aromatic heterocycles. The zero-order valence-electron chi connectivity index (χ0n) is 17.2. The molecule has 0 atom stereocenters. The first-order chi connectivity index (χ1) is 12.3. The van der Waals surface area contributed by atoms with E-state index in [4.69, 9.17) is 10.1 Å². The molecule has 0 radical (unpaired) electrons. The number of hydrogen-bond donors (Lipinski definition) is 2. The molecule has 0 unspecified atom stereocenters. The van der Waals surface area contributed by atoms with E-state index in [1.807, 2.05) is 13.1 Å². The Morgan fingerprint density at radius 3 is 2.27 bits per heavy atom. The number of aliphatic hydroxyl groups excluding tert-OH is 1. The van der Waals surface area contributed by atoms with Crippen LogP contribution in [-0.4, -0.2) is 28.2 Å². The van der Waals surface area contributed by atoms with Gasteiger partial charge in [-0.3, -0.25) is 4.98 Å². The maximum atomic E-state index is 7.00. The van der Waals surface area contributed by atoms with Gasteiger partial charge in [-0.05, 0) is 62.4 Å². The fraction of sp³-hybridized carbons (Fsp3) is 0.455. The predicted molar refractivity (Wildman–Crippen MR) is 113 cm³/mol. The van der Waals surface area contributed by atoms with Crippen molar-refractivity contribution < 1.29 is 5.11 Å². The number of aliphatic hydroxyl groups is 1. The molecule has 0 saturated carbocycles. The van der Waals surface area contributed by atoms with Gasteiger partial charge < -0.3 is 10.4 Å². The van der Waals surface area contributed by atoms with Crippen molar-refractivity contribution in [3.63, 3.8) is 0 Å². The highest BCUT2D eigenvalue weighted by molar-refractivity contribution is 5.76. The van der Waals surface area contributed by atoms with E-state index < -0.39 is 0 Å². The molecule has 0 aliphatic rings. The second-order valence-electron chi connectivity index (χ2n) is 6.95. The third-order valence-corrected chi connectivity index (χ3v) is 3.98. The van der Waals surface area contributed by atoms with Crippen molar-refractivity contribution in [1.82, 2.24) is 9.97 Å². The highest BCUT2D eigenvalue weighted by Crippen LogP contribution is 2.30. The fourth-order valence-corrected chi connectivity index (χ4v) is 2.71. The Bertz CT molecular complexity index is 719. The van der Waals surface area contributed by atoms with Gasteiger partial charge in [0, 0.05) is 30.6 Å². The zero-order chi connectivity index (χ0) is 19.9. The molecular weight excluding hydrogens is 322 g/mol. The molecule has 2 rings (SSSR count). The Hall–Kier alpha value is -2.20. The number of nitrogens with zero attached hydrogens (tertiary/aromatic N) is 2. The SMILES string of the molecule is C=C(C)c1nc(-c2ccc(C(C)C)nc2)c(CC)cc1NC(C)C.CO. The van der Waals surface area contributed by atoms with Gasteiger partial charge in [0.25, 0.3) is 0 Å². The standard InChI is InChI=1S/C21H29N3.CH4O/c1-8-16-11-19(23-15(6)7)20(14(4)5)24-21(16)17-9-10-18(13(2)3)22-12-17;1-2/h9-13,15,23H,4,8H2,1-3,5-7H3;2H,1H3. The molecule has 4 heteroatoms. The van der Waals surface area contributed by atoms with Gasteiger partial charge in [-0.25, -0.2) is 4.98 Å². The number of aromatic nitrogens is 2. The minimum atomic E-state index is 0.354. The summed E-state index contributed by atoms with van der Waals surface area (Å²) in [7, 11) is 1.00. The van der Waals surface area contributed by atoms with E-state index in [2.05, 4.69) is 69.7 Å². The molecule has 0 aliphatic carbocycles. The van der Waals surface area contributed by atoms with Gasteiger partial charge in [-0.15, -0.1) is 0 Å². The van der Waals surface area contributed by atoms with E-state index in [1.54, 1.807) is 0 Å². The van der Waals surface area contributed by atoms with E-state index >= 15 is 0 Å². The van der Waals surface area contributed by atoms with Crippen molar-refractivity contribution in [2.24, 2.45) is 0 Å². The summed E-state index contributed by atoms with van der Waals surface area (Å²) in [6.07, 6.45) is 2.87. The van der Waals surface area contributed by atoms with Crippen molar-refractivity contribution in [2.45, 2.75) is 59.9 Å². The number of anilines is 1. The summed E-state index contributed by atoms with van der Waals surface area (Å²) in [5, 5.41) is 10.5. The van der Waals surface area contributed by atoms with Gasteiger partial charge in [0.05, 0.1) is 17.1 Å². The smallest absolute Gasteiger partial charge is 0.0892 e. The van der Waals surface area contributed by atoms with Crippen molar-refractivity contribution in [1.29, 1.82) is 0 Å². The van der Waals surface area contributed by atoms with Crippen molar-refractivity contribution in [3.05, 3.63) is 47.9 Å². The quantitative estimate of drug-likeness (QED) is 0.739. The Morgan fingerprint density at radius 2 is 1.85 bits per heavy atom. The molecule has 2 aromatic rings. The van der Waals surface area contributed by atoms with Gasteiger partial charge in [0.1, 0.15) is 0 Å². The molecular formula is C22H33N3O. The summed E-state index contributed by atoms with van der Waals surface area (Å²) in [5.74, 6) is 0.432. The molecule has 0 fully saturated rings. The van der Waals surface area contributed by atoms with Gasteiger partial charge in [0.2, 0.25) is 0 Å². The molecule has 0 aromatic carbocycles. The number of hydrogen-bond acceptors (Lipinski definition) is 4. The monoisotopic (exact) mass is 355 g/mol. The topological polar surface area (TPSA) is 58.0 Å². The Balaban J connectivity index is 0.00000163. The molecule has 0 aliphatic heterocycles. The normalized spacial score (nSPS) is 10.5. The fourth-order valence-electron chi connectivity index (χ4n) is 2.71. The predicted octanol–water partition coefficient (Wildman–Crippen LogP) is 5.29. The van der Waals surface area contributed by atoms with Crippen molar-refractivity contribution in [3.8, 4) is 11.3 Å². The minimum Gasteiger partial charge on any atom is -0.400 e. The van der Waals surface area contributed by atoms with Crippen LogP contribution in [0.3, 0.4) is 0 Å². The van der Waals surface area contributed by atoms with Crippen LogP contribution in [0.1, 0.15) is 64.4 Å². The molecule has 2 heterocycles. The first kappa shape index (κ1) is 21.8. The number of pyridine rings is 2. The molecule has 0 saturated heterocycles. The lowest BCUT2D eigenvalue weighted by Crippen LogP contribution is -2.13. The van der Waals surface area contributed by atoms with Gasteiger partial charge in [0.15, 0.2) is 0 Å². The molecule has 142 valence electrons. The van der Waals surface area contributed by atoms with E-state index in [1.165, 1.54) is 5.56 Å². The van der Waals surface area contributed by atoms with Crippen LogP contribution in [0.2, 0.25) is 0 Å². The van der Waals surface area contributed by atoms with Crippen molar-refractivity contribution >= 4 is 11.3 Å². The Kier molecular flexibility index (Phi) is 8.46. The van der Waals surface area contributed by atoms with Gasteiger partial charge in [-0.2, -0.15) is 0 Å². The highest BCUT2D eigenvalue weighted by atomic mass is 16.2. The van der Waals surface area contributed by atoms with E-state index in [-0.39, 0.29) is 0 Å². The van der Waals surface area contributed by atoms with Crippen LogP contribution in [0.5, 0.6) is 0 Å². The first-order valence-electron chi connectivity index (χ1n) is 9.20. The lowest BCUT2D eigenvalue weighted by molar-refractivity contribution is 0.399. The van der Waals surface area contributed by atoms with Crippen LogP contribution in [0, 0.1) is 0 Å². The molecule has 26 heavy (non-hydrogen) atoms. The zero-order valence-corrected chi connectivity index (χ0v) is 17.2. The molecule has 2 N–H and O–H groups in total. The van der Waals surface area contributed by atoms with Crippen LogP contribution < -0.4 is 5.32 Å². The average Bonchev–Trinajstić information content (AvgIpc) is 2.62. The number of nitrogens with one attached hydrogen (secondary N) is 1. The van der Waals surface area contributed by atoms with Crippen LogP contribution in [0.25, 0.3) is 16.8 Å². The minimum absolute atomic E-state index is 0.354. The third kappa shape index (κ3) is 5.40. The number of aryl methyl sites for hydroxylation is 1. The van der Waals surface area contributed by atoms with Crippen LogP contribution in [0.15, 0.2) is 31.0 Å². The average molecular weight is 356 g/mol. The second kappa shape index (κ2) is 10.1. The van der Waals surface area contributed by atoms with Gasteiger partial charge >= 0.3 is 0 Å². The van der Waals surface area contributed by atoms with E-state index in [9.17, 15) is 0 Å². The van der Waals surface area contributed by atoms with Crippen LogP contribution in [0.4, 0.5) is 5.69 Å². The highest BCUT2D eigenvalue weighted by Gasteiger charge is 2.14. The van der Waals surface area contributed by atoms with E-state index in [0.29, 0.717) is 12.0 Å². The maximum absolute atomic E-state index is 7.00. The summed E-state index contributed by atoms with van der Waals surface area (Å²) in [6, 6.07) is 6.79. The molecule has 0 spiro atoms. The summed E-state index contributed by atoms with van der Waals surface area (Å²) in [6.45, 7) is 16.9. The third-order valence-electron chi connectivity index (χ3n) is 3.98. The molecule has 0 bridgehead atoms. The Labute approximate surface area is 158 Å². The summed E-state index contributed by atoms with van der Waals surface area (Å²) < 4.78 is 0.